The molecule has 0 radical (unpaired) electrons. The number of hydrogen-bond donors (Lipinski definition) is 0. The summed E-state index contributed by atoms with van der Waals surface area (Å²) < 4.78 is 25.4. The molecule has 5 heteroatoms. The summed E-state index contributed by atoms with van der Waals surface area (Å²) in [4.78, 5) is 2.28. The van der Waals surface area contributed by atoms with E-state index in [1.807, 2.05) is 13.8 Å². The van der Waals surface area contributed by atoms with Gasteiger partial charge in [-0.2, -0.15) is 4.31 Å². The molecule has 90 valence electrons. The fourth-order valence-corrected chi connectivity index (χ4v) is 3.62. The Morgan fingerprint density at radius 2 is 1.67 bits per heavy atom. The van der Waals surface area contributed by atoms with Crippen molar-refractivity contribution in [3.63, 3.8) is 0 Å². The Balaban J connectivity index is 2.52. The molecule has 0 amide bonds. The topological polar surface area (TPSA) is 40.6 Å². The number of sulfonamides is 1. The summed E-state index contributed by atoms with van der Waals surface area (Å²) in [6.45, 7) is 10.1. The first-order chi connectivity index (χ1) is 6.95. The third kappa shape index (κ3) is 3.74. The first-order valence-electron chi connectivity index (χ1n) is 5.66. The van der Waals surface area contributed by atoms with Crippen molar-refractivity contribution in [3.05, 3.63) is 0 Å². The summed E-state index contributed by atoms with van der Waals surface area (Å²) in [5, 5.41) is 0. The second-order valence-corrected chi connectivity index (χ2v) is 6.52. The quantitative estimate of drug-likeness (QED) is 0.715. The lowest BCUT2D eigenvalue weighted by Gasteiger charge is -2.33. The zero-order valence-corrected chi connectivity index (χ0v) is 10.8. The first kappa shape index (κ1) is 12.9. The number of likely N-dealkylation sites (N-methyl/N-ethyl adjacent to an activating group) is 1. The third-order valence-electron chi connectivity index (χ3n) is 2.72. The van der Waals surface area contributed by atoms with Crippen LogP contribution in [0.3, 0.4) is 0 Å². The summed E-state index contributed by atoms with van der Waals surface area (Å²) >= 11 is 0. The van der Waals surface area contributed by atoms with Gasteiger partial charge in [-0.1, -0.05) is 20.8 Å². The van der Waals surface area contributed by atoms with Crippen molar-refractivity contribution in [2.24, 2.45) is 5.92 Å². The van der Waals surface area contributed by atoms with Gasteiger partial charge in [0.15, 0.2) is 0 Å². The SMILES string of the molecule is CCN1CCN(S(=O)(=O)CC(C)C)CC1. The van der Waals surface area contributed by atoms with Gasteiger partial charge in [-0.3, -0.25) is 0 Å². The summed E-state index contributed by atoms with van der Waals surface area (Å²) in [5.74, 6) is 0.485. The molecule has 15 heavy (non-hydrogen) atoms. The van der Waals surface area contributed by atoms with Gasteiger partial charge in [-0.15, -0.1) is 0 Å². The Kier molecular flexibility index (Phi) is 4.55. The van der Waals surface area contributed by atoms with E-state index in [0.717, 1.165) is 19.6 Å². The predicted octanol–water partition coefficient (Wildman–Crippen LogP) is 0.610. The van der Waals surface area contributed by atoms with Crippen molar-refractivity contribution >= 4 is 10.0 Å². The van der Waals surface area contributed by atoms with Gasteiger partial charge in [0, 0.05) is 26.2 Å². The normalized spacial score (nSPS) is 21.1. The molecule has 0 bridgehead atoms. The lowest BCUT2D eigenvalue weighted by atomic mass is 10.3. The van der Waals surface area contributed by atoms with Crippen LogP contribution in [-0.2, 0) is 10.0 Å². The van der Waals surface area contributed by atoms with Crippen molar-refractivity contribution in [1.29, 1.82) is 0 Å². The molecule has 1 aliphatic heterocycles. The lowest BCUT2D eigenvalue weighted by Crippen LogP contribution is -2.49. The van der Waals surface area contributed by atoms with Crippen molar-refractivity contribution in [2.75, 3.05) is 38.5 Å². The average molecular weight is 234 g/mol. The molecule has 4 nitrogen and oxygen atoms in total. The van der Waals surface area contributed by atoms with Crippen LogP contribution in [0, 0.1) is 5.92 Å². The predicted molar refractivity (Wildman–Crippen MR) is 62.3 cm³/mol. The maximum absolute atomic E-state index is 11.9. The molecule has 0 N–H and O–H groups in total. The molecule has 1 rings (SSSR count). The van der Waals surface area contributed by atoms with Gasteiger partial charge in [-0.25, -0.2) is 8.42 Å². The van der Waals surface area contributed by atoms with Crippen LogP contribution in [0.25, 0.3) is 0 Å². The summed E-state index contributed by atoms with van der Waals surface area (Å²) in [6.07, 6.45) is 0. The smallest absolute Gasteiger partial charge is 0.214 e. The third-order valence-corrected chi connectivity index (χ3v) is 4.96. The van der Waals surface area contributed by atoms with E-state index in [4.69, 9.17) is 0 Å². The second-order valence-electron chi connectivity index (χ2n) is 4.51. The van der Waals surface area contributed by atoms with Crippen LogP contribution in [0.5, 0.6) is 0 Å². The highest BCUT2D eigenvalue weighted by atomic mass is 32.2. The molecule has 1 saturated heterocycles. The van der Waals surface area contributed by atoms with E-state index in [1.54, 1.807) is 4.31 Å². The molecule has 1 heterocycles. The molecular formula is C10H22N2O2S. The van der Waals surface area contributed by atoms with Crippen molar-refractivity contribution < 1.29 is 8.42 Å². The molecule has 0 spiro atoms. The second kappa shape index (κ2) is 5.27. The fourth-order valence-electron chi connectivity index (χ4n) is 1.85. The molecule has 0 aliphatic carbocycles. The Bertz CT molecular complexity index is 280. The number of rotatable bonds is 4. The first-order valence-corrected chi connectivity index (χ1v) is 7.26. The van der Waals surface area contributed by atoms with Gasteiger partial charge >= 0.3 is 0 Å². The van der Waals surface area contributed by atoms with Crippen LogP contribution in [0.4, 0.5) is 0 Å². The molecule has 0 aromatic rings. The maximum atomic E-state index is 11.9. The lowest BCUT2D eigenvalue weighted by molar-refractivity contribution is 0.196. The maximum Gasteiger partial charge on any atom is 0.214 e. The largest absolute Gasteiger partial charge is 0.301 e. The highest BCUT2D eigenvalue weighted by Crippen LogP contribution is 2.10. The van der Waals surface area contributed by atoms with E-state index in [-0.39, 0.29) is 11.7 Å². The van der Waals surface area contributed by atoms with E-state index < -0.39 is 10.0 Å². The van der Waals surface area contributed by atoms with Crippen molar-refractivity contribution in [1.82, 2.24) is 9.21 Å². The molecule has 1 aliphatic rings. The van der Waals surface area contributed by atoms with Crippen molar-refractivity contribution in [2.45, 2.75) is 20.8 Å². The van der Waals surface area contributed by atoms with E-state index in [1.165, 1.54) is 0 Å². The number of hydrogen-bond acceptors (Lipinski definition) is 3. The van der Waals surface area contributed by atoms with E-state index in [2.05, 4.69) is 11.8 Å². The van der Waals surface area contributed by atoms with Gasteiger partial charge in [0.25, 0.3) is 0 Å². The standard InChI is InChI=1S/C10H22N2O2S/c1-4-11-5-7-12(8-6-11)15(13,14)9-10(2)3/h10H,4-9H2,1-3H3. The Morgan fingerprint density at radius 1 is 1.13 bits per heavy atom. The van der Waals surface area contributed by atoms with Gasteiger partial charge < -0.3 is 4.90 Å². The highest BCUT2D eigenvalue weighted by Gasteiger charge is 2.26. The van der Waals surface area contributed by atoms with Crippen LogP contribution in [0.1, 0.15) is 20.8 Å². The molecule has 1 fully saturated rings. The molecule has 0 saturated carbocycles. The Morgan fingerprint density at radius 3 is 2.07 bits per heavy atom. The van der Waals surface area contributed by atoms with Crippen LogP contribution in [0.15, 0.2) is 0 Å². The minimum Gasteiger partial charge on any atom is -0.301 e. The average Bonchev–Trinajstić information content (AvgIpc) is 2.16. The molecule has 0 aromatic carbocycles. The van der Waals surface area contributed by atoms with Gasteiger partial charge in [0.05, 0.1) is 5.75 Å². The van der Waals surface area contributed by atoms with E-state index >= 15 is 0 Å². The zero-order valence-electron chi connectivity index (χ0n) is 9.94. The fraction of sp³-hybridized carbons (Fsp3) is 1.00. The minimum atomic E-state index is -3.01. The monoisotopic (exact) mass is 234 g/mol. The van der Waals surface area contributed by atoms with E-state index in [0.29, 0.717) is 13.1 Å². The summed E-state index contributed by atoms with van der Waals surface area (Å²) in [5.41, 5.74) is 0. The molecule has 0 atom stereocenters. The Labute approximate surface area is 93.3 Å². The molecule has 0 aromatic heterocycles. The van der Waals surface area contributed by atoms with Gasteiger partial charge in [0.2, 0.25) is 10.0 Å². The molecular weight excluding hydrogens is 212 g/mol. The van der Waals surface area contributed by atoms with Crippen LogP contribution in [-0.4, -0.2) is 56.1 Å². The van der Waals surface area contributed by atoms with E-state index in [9.17, 15) is 8.42 Å². The van der Waals surface area contributed by atoms with Crippen molar-refractivity contribution in [3.8, 4) is 0 Å². The number of nitrogens with zero attached hydrogens (tertiary/aromatic N) is 2. The zero-order chi connectivity index (χ0) is 11.5. The minimum absolute atomic E-state index is 0.208. The molecule has 0 unspecified atom stereocenters. The van der Waals surface area contributed by atoms with Crippen LogP contribution >= 0.6 is 0 Å². The van der Waals surface area contributed by atoms with Gasteiger partial charge in [0.1, 0.15) is 0 Å². The van der Waals surface area contributed by atoms with Gasteiger partial charge in [-0.05, 0) is 12.5 Å². The number of piperazine rings is 1. The van der Waals surface area contributed by atoms with Crippen LogP contribution < -0.4 is 0 Å². The van der Waals surface area contributed by atoms with Crippen LogP contribution in [0.2, 0.25) is 0 Å². The summed E-state index contributed by atoms with van der Waals surface area (Å²) in [7, 11) is -3.01. The summed E-state index contributed by atoms with van der Waals surface area (Å²) in [6, 6.07) is 0. The Hall–Kier alpha value is -0.130. The highest BCUT2D eigenvalue weighted by molar-refractivity contribution is 7.89.